The van der Waals surface area contributed by atoms with Crippen LogP contribution in [-0.2, 0) is 19.1 Å². The molecule has 2 unspecified atom stereocenters. The van der Waals surface area contributed by atoms with Gasteiger partial charge in [0.1, 0.15) is 6.10 Å². The summed E-state index contributed by atoms with van der Waals surface area (Å²) in [6.07, 6.45) is 3.16. The molecule has 1 aromatic carbocycles. The molecular formula is C19H24N2O4S. The number of benzene rings is 1. The first-order valence-corrected chi connectivity index (χ1v) is 9.80. The number of rotatable bonds is 7. The number of esters is 1. The lowest BCUT2D eigenvalue weighted by atomic mass is 10.0. The number of thioether (sulfide) groups is 1. The smallest absolute Gasteiger partial charge is 0.332 e. The van der Waals surface area contributed by atoms with Crippen LogP contribution < -0.4 is 5.32 Å². The summed E-state index contributed by atoms with van der Waals surface area (Å²) < 4.78 is 9.75. The number of cyclic esters (lactones) is 1. The molecule has 1 N–H and O–H groups in total. The highest BCUT2D eigenvalue weighted by Crippen LogP contribution is 2.43. The summed E-state index contributed by atoms with van der Waals surface area (Å²) in [7, 11) is 0. The van der Waals surface area contributed by atoms with Gasteiger partial charge in [-0.15, -0.1) is 0 Å². The van der Waals surface area contributed by atoms with Crippen molar-refractivity contribution in [3.8, 4) is 0 Å². The Hall–Kier alpha value is -1.86. The molecule has 0 bridgehead atoms. The maximum absolute atomic E-state index is 12.5. The molecule has 2 atom stereocenters. The fourth-order valence-corrected chi connectivity index (χ4v) is 4.11. The molecule has 1 spiro atoms. The van der Waals surface area contributed by atoms with Gasteiger partial charge < -0.3 is 14.8 Å². The van der Waals surface area contributed by atoms with Crippen molar-refractivity contribution in [1.82, 2.24) is 5.32 Å². The number of carbonyl (C=O) groups excluding carboxylic acids is 2. The number of aliphatic imine (C=N–C) groups is 1. The van der Waals surface area contributed by atoms with E-state index in [2.05, 4.69) is 17.2 Å². The first-order valence-electron chi connectivity index (χ1n) is 8.98. The number of ether oxygens (including phenoxy) is 2. The maximum Gasteiger partial charge on any atom is 0.332 e. The van der Waals surface area contributed by atoms with Gasteiger partial charge in [-0.1, -0.05) is 49.2 Å². The van der Waals surface area contributed by atoms with E-state index in [0.29, 0.717) is 24.8 Å². The first-order chi connectivity index (χ1) is 12.5. The number of nitrogens with one attached hydrogen (secondary N) is 1. The SMILES string of the molecule is CCCCCOCC1CC2(SC(=Nc3ccc(C)cc3)NC2=O)C(=O)O1. The number of carbonyl (C=O) groups is 2. The highest BCUT2D eigenvalue weighted by Gasteiger charge is 2.60. The molecule has 0 radical (unpaired) electrons. The quantitative estimate of drug-likeness (QED) is 0.449. The Kier molecular flexibility index (Phi) is 5.98. The zero-order valence-electron chi connectivity index (χ0n) is 15.1. The minimum absolute atomic E-state index is 0.309. The number of amides is 1. The van der Waals surface area contributed by atoms with Gasteiger partial charge in [-0.2, -0.15) is 0 Å². The molecule has 0 aromatic heterocycles. The van der Waals surface area contributed by atoms with Crippen LogP contribution in [0.2, 0.25) is 0 Å². The maximum atomic E-state index is 12.5. The Morgan fingerprint density at radius 3 is 2.81 bits per heavy atom. The van der Waals surface area contributed by atoms with E-state index in [1.54, 1.807) is 0 Å². The van der Waals surface area contributed by atoms with Crippen molar-refractivity contribution in [3.05, 3.63) is 29.8 Å². The second-order valence-electron chi connectivity index (χ2n) is 6.65. The summed E-state index contributed by atoms with van der Waals surface area (Å²) in [4.78, 5) is 29.3. The van der Waals surface area contributed by atoms with Crippen LogP contribution in [-0.4, -0.2) is 41.1 Å². The molecule has 0 aliphatic carbocycles. The van der Waals surface area contributed by atoms with Gasteiger partial charge in [-0.3, -0.25) is 4.79 Å². The van der Waals surface area contributed by atoms with Crippen LogP contribution in [0.25, 0.3) is 0 Å². The molecule has 1 aromatic rings. The predicted molar refractivity (Wildman–Crippen MR) is 102 cm³/mol. The fourth-order valence-electron chi connectivity index (χ4n) is 2.95. The molecule has 6 nitrogen and oxygen atoms in total. The molecule has 2 fully saturated rings. The third kappa shape index (κ3) is 4.10. The molecule has 7 heteroatoms. The zero-order valence-corrected chi connectivity index (χ0v) is 15.9. The van der Waals surface area contributed by atoms with Crippen molar-refractivity contribution < 1.29 is 19.1 Å². The summed E-state index contributed by atoms with van der Waals surface area (Å²) in [5.41, 5.74) is 1.87. The number of hydrogen-bond acceptors (Lipinski definition) is 6. The lowest BCUT2D eigenvalue weighted by Crippen LogP contribution is -2.40. The third-order valence-corrected chi connectivity index (χ3v) is 5.69. The molecule has 2 saturated heterocycles. The Labute approximate surface area is 157 Å². The van der Waals surface area contributed by atoms with Crippen molar-refractivity contribution in [3.63, 3.8) is 0 Å². The standard InChI is InChI=1S/C19H24N2O4S/c1-3-4-5-10-24-12-15-11-19(17(23)25-15)16(22)21-18(26-19)20-14-8-6-13(2)7-9-14/h6-9,15H,3-5,10-12H2,1-2H3,(H,20,21,22). The van der Waals surface area contributed by atoms with Gasteiger partial charge >= 0.3 is 5.97 Å². The van der Waals surface area contributed by atoms with Gasteiger partial charge in [-0.25, -0.2) is 9.79 Å². The minimum Gasteiger partial charge on any atom is -0.458 e. The highest BCUT2D eigenvalue weighted by molar-refractivity contribution is 8.17. The summed E-state index contributed by atoms with van der Waals surface area (Å²) >= 11 is 1.15. The summed E-state index contributed by atoms with van der Waals surface area (Å²) in [6.45, 7) is 5.11. The van der Waals surface area contributed by atoms with Crippen LogP contribution in [0, 0.1) is 6.92 Å². The van der Waals surface area contributed by atoms with E-state index in [0.717, 1.165) is 42.3 Å². The van der Waals surface area contributed by atoms with Gasteiger partial charge in [0.2, 0.25) is 4.75 Å². The predicted octanol–water partition coefficient (Wildman–Crippen LogP) is 3.11. The van der Waals surface area contributed by atoms with Gasteiger partial charge in [0, 0.05) is 13.0 Å². The van der Waals surface area contributed by atoms with E-state index >= 15 is 0 Å². The largest absolute Gasteiger partial charge is 0.458 e. The second kappa shape index (κ2) is 8.22. The van der Waals surface area contributed by atoms with E-state index in [4.69, 9.17) is 9.47 Å². The van der Waals surface area contributed by atoms with Gasteiger partial charge in [-0.05, 0) is 25.5 Å². The van der Waals surface area contributed by atoms with Crippen LogP contribution in [0.5, 0.6) is 0 Å². The Balaban J connectivity index is 1.61. The van der Waals surface area contributed by atoms with E-state index in [1.165, 1.54) is 0 Å². The van der Waals surface area contributed by atoms with Crippen LogP contribution >= 0.6 is 11.8 Å². The van der Waals surface area contributed by atoms with E-state index in [-0.39, 0.29) is 12.0 Å². The average molecular weight is 376 g/mol. The van der Waals surface area contributed by atoms with Crippen molar-refractivity contribution in [2.45, 2.75) is 50.4 Å². The van der Waals surface area contributed by atoms with Crippen molar-refractivity contribution >= 4 is 34.5 Å². The van der Waals surface area contributed by atoms with E-state index < -0.39 is 10.7 Å². The van der Waals surface area contributed by atoms with Crippen molar-refractivity contribution in [2.24, 2.45) is 4.99 Å². The fraction of sp³-hybridized carbons (Fsp3) is 0.526. The normalized spacial score (nSPS) is 26.5. The summed E-state index contributed by atoms with van der Waals surface area (Å²) in [6, 6.07) is 7.65. The lowest BCUT2D eigenvalue weighted by Gasteiger charge is -2.11. The molecular weight excluding hydrogens is 352 g/mol. The number of nitrogens with zero attached hydrogens (tertiary/aromatic N) is 1. The number of hydrogen-bond donors (Lipinski definition) is 1. The number of aryl methyl sites for hydroxylation is 1. The van der Waals surface area contributed by atoms with E-state index in [9.17, 15) is 9.59 Å². The molecule has 2 aliphatic heterocycles. The number of unbranched alkanes of at least 4 members (excludes halogenated alkanes) is 2. The summed E-state index contributed by atoms with van der Waals surface area (Å²) in [5.74, 6) is -0.858. The second-order valence-corrected chi connectivity index (χ2v) is 7.94. The minimum atomic E-state index is -1.24. The Bertz CT molecular complexity index is 704. The molecule has 26 heavy (non-hydrogen) atoms. The van der Waals surface area contributed by atoms with Gasteiger partial charge in [0.05, 0.1) is 12.3 Å². The van der Waals surface area contributed by atoms with Gasteiger partial charge in [0.25, 0.3) is 5.91 Å². The zero-order chi connectivity index (χ0) is 18.6. The molecule has 1 amide bonds. The monoisotopic (exact) mass is 376 g/mol. The third-order valence-electron chi connectivity index (χ3n) is 4.44. The van der Waals surface area contributed by atoms with E-state index in [1.807, 2.05) is 31.2 Å². The topological polar surface area (TPSA) is 77.0 Å². The van der Waals surface area contributed by atoms with Crippen molar-refractivity contribution in [1.29, 1.82) is 0 Å². The van der Waals surface area contributed by atoms with Crippen LogP contribution in [0.1, 0.15) is 38.2 Å². The molecule has 140 valence electrons. The number of amidine groups is 1. The summed E-state index contributed by atoms with van der Waals surface area (Å²) in [5, 5.41) is 3.15. The Morgan fingerprint density at radius 1 is 1.31 bits per heavy atom. The van der Waals surface area contributed by atoms with Gasteiger partial charge in [0.15, 0.2) is 5.17 Å². The lowest BCUT2D eigenvalue weighted by molar-refractivity contribution is -0.146. The van der Waals surface area contributed by atoms with Crippen LogP contribution in [0.3, 0.4) is 0 Å². The average Bonchev–Trinajstić information content (AvgIpc) is 3.09. The van der Waals surface area contributed by atoms with Crippen LogP contribution in [0.15, 0.2) is 29.3 Å². The van der Waals surface area contributed by atoms with Crippen LogP contribution in [0.4, 0.5) is 5.69 Å². The molecule has 3 rings (SSSR count). The van der Waals surface area contributed by atoms with Crippen molar-refractivity contribution in [2.75, 3.05) is 13.2 Å². The first kappa shape index (κ1) is 18.9. The highest BCUT2D eigenvalue weighted by atomic mass is 32.2. The Morgan fingerprint density at radius 2 is 2.08 bits per heavy atom. The molecule has 0 saturated carbocycles. The molecule has 2 heterocycles. The molecule has 2 aliphatic rings.